The van der Waals surface area contributed by atoms with Gasteiger partial charge in [0.25, 0.3) is 5.91 Å². The lowest BCUT2D eigenvalue weighted by Crippen LogP contribution is -2.44. The largest absolute Gasteiger partial charge is 0.336 e. The first-order valence-corrected chi connectivity index (χ1v) is 6.46. The van der Waals surface area contributed by atoms with Crippen molar-refractivity contribution in [2.75, 3.05) is 12.0 Å². The number of carbonyl (C=O) groups excluding carboxylic acids is 1. The summed E-state index contributed by atoms with van der Waals surface area (Å²) >= 11 is 0. The molecule has 0 aliphatic carbocycles. The molecule has 1 amide bonds. The summed E-state index contributed by atoms with van der Waals surface area (Å²) in [5, 5.41) is 0. The fraction of sp³-hybridized carbons (Fsp3) is 0.538. The Morgan fingerprint density at radius 1 is 1.58 bits per heavy atom. The summed E-state index contributed by atoms with van der Waals surface area (Å²) in [4.78, 5) is 17.9. The van der Waals surface area contributed by atoms with Crippen molar-refractivity contribution >= 4 is 11.7 Å². The van der Waals surface area contributed by atoms with E-state index < -0.39 is 5.82 Å². The van der Waals surface area contributed by atoms with Crippen LogP contribution in [0.3, 0.4) is 0 Å². The van der Waals surface area contributed by atoms with E-state index in [1.54, 1.807) is 4.90 Å². The highest BCUT2D eigenvalue weighted by atomic mass is 19.1. The van der Waals surface area contributed by atoms with Gasteiger partial charge in [-0.1, -0.05) is 6.92 Å². The van der Waals surface area contributed by atoms with E-state index in [1.165, 1.54) is 12.3 Å². The zero-order valence-corrected chi connectivity index (χ0v) is 11.2. The highest BCUT2D eigenvalue weighted by Gasteiger charge is 2.29. The topological polar surface area (TPSA) is 71.2 Å². The Bertz CT molecular complexity index is 480. The number of amides is 1. The van der Waals surface area contributed by atoms with E-state index in [1.807, 2.05) is 6.92 Å². The molecule has 2 atom stereocenters. The highest BCUT2D eigenvalue weighted by Crippen LogP contribution is 2.25. The number of pyridine rings is 1. The number of aromatic nitrogens is 1. The van der Waals surface area contributed by atoms with E-state index in [9.17, 15) is 9.18 Å². The van der Waals surface area contributed by atoms with Crippen molar-refractivity contribution in [1.82, 2.24) is 9.88 Å². The molecule has 19 heavy (non-hydrogen) atoms. The fourth-order valence-corrected chi connectivity index (χ4v) is 2.57. The van der Waals surface area contributed by atoms with Crippen LogP contribution in [0.4, 0.5) is 10.2 Å². The van der Waals surface area contributed by atoms with Crippen molar-refractivity contribution in [2.24, 2.45) is 11.8 Å². The minimum absolute atomic E-state index is 0.0179. The van der Waals surface area contributed by atoms with Gasteiger partial charge in [-0.05, 0) is 31.7 Å². The minimum atomic E-state index is -0.694. The summed E-state index contributed by atoms with van der Waals surface area (Å²) in [5.74, 6) is 4.67. The van der Waals surface area contributed by atoms with E-state index in [-0.39, 0.29) is 23.3 Å². The Morgan fingerprint density at radius 3 is 2.95 bits per heavy atom. The van der Waals surface area contributed by atoms with Gasteiger partial charge in [0.1, 0.15) is 0 Å². The third-order valence-corrected chi connectivity index (χ3v) is 3.66. The van der Waals surface area contributed by atoms with E-state index in [2.05, 4.69) is 17.3 Å². The van der Waals surface area contributed by atoms with E-state index in [0.29, 0.717) is 12.5 Å². The maximum atomic E-state index is 14.0. The number of rotatable bonds is 2. The lowest BCUT2D eigenvalue weighted by molar-refractivity contribution is 0.0584. The molecule has 104 valence electrons. The lowest BCUT2D eigenvalue weighted by Gasteiger charge is -2.36. The van der Waals surface area contributed by atoms with Crippen molar-refractivity contribution in [2.45, 2.75) is 32.7 Å². The Balaban J connectivity index is 2.24. The summed E-state index contributed by atoms with van der Waals surface area (Å²) < 4.78 is 14.0. The van der Waals surface area contributed by atoms with Gasteiger partial charge >= 0.3 is 0 Å². The predicted molar refractivity (Wildman–Crippen MR) is 70.9 cm³/mol. The molecule has 0 spiro atoms. The third-order valence-electron chi connectivity index (χ3n) is 3.66. The molecule has 1 aliphatic rings. The number of nitrogens with two attached hydrogens (primary N) is 1. The van der Waals surface area contributed by atoms with E-state index >= 15 is 0 Å². The number of anilines is 1. The van der Waals surface area contributed by atoms with Crippen LogP contribution < -0.4 is 11.3 Å². The molecule has 2 rings (SSSR count). The van der Waals surface area contributed by atoms with Gasteiger partial charge in [-0.15, -0.1) is 0 Å². The van der Waals surface area contributed by atoms with Crippen molar-refractivity contribution in [3.05, 3.63) is 23.6 Å². The van der Waals surface area contributed by atoms with Crippen molar-refractivity contribution in [1.29, 1.82) is 0 Å². The molecule has 1 fully saturated rings. The monoisotopic (exact) mass is 266 g/mol. The van der Waals surface area contributed by atoms with Gasteiger partial charge in [0, 0.05) is 18.8 Å². The molecular weight excluding hydrogens is 247 g/mol. The number of hydrogen-bond acceptors (Lipinski definition) is 4. The van der Waals surface area contributed by atoms with Crippen LogP contribution in [0.2, 0.25) is 0 Å². The first kappa shape index (κ1) is 13.7. The summed E-state index contributed by atoms with van der Waals surface area (Å²) in [5.41, 5.74) is 2.17. The van der Waals surface area contributed by atoms with Crippen LogP contribution in [0, 0.1) is 11.7 Å². The number of nitrogens with one attached hydrogen (secondary N) is 1. The first-order chi connectivity index (χ1) is 9.04. The Kier molecular flexibility index (Phi) is 3.99. The molecule has 5 nitrogen and oxygen atoms in total. The smallest absolute Gasteiger partial charge is 0.257 e. The molecular formula is C13H19FN4O. The summed E-state index contributed by atoms with van der Waals surface area (Å²) in [7, 11) is 0. The minimum Gasteiger partial charge on any atom is -0.336 e. The average molecular weight is 266 g/mol. The quantitative estimate of drug-likeness (QED) is 0.632. The van der Waals surface area contributed by atoms with Crippen molar-refractivity contribution in [3.8, 4) is 0 Å². The van der Waals surface area contributed by atoms with Crippen LogP contribution in [0.25, 0.3) is 0 Å². The SMILES string of the molecule is CC1CCN(C(=O)c2ccnc(NN)c2F)C(C)C1. The van der Waals surface area contributed by atoms with Crippen LogP contribution in [-0.2, 0) is 0 Å². The molecule has 0 aromatic carbocycles. The average Bonchev–Trinajstić information content (AvgIpc) is 2.38. The molecule has 2 unspecified atom stereocenters. The predicted octanol–water partition coefficient (Wildman–Crippen LogP) is 1.77. The maximum absolute atomic E-state index is 14.0. The van der Waals surface area contributed by atoms with Crippen LogP contribution in [0.15, 0.2) is 12.3 Å². The normalized spacial score (nSPS) is 23.3. The van der Waals surface area contributed by atoms with Crippen molar-refractivity contribution < 1.29 is 9.18 Å². The van der Waals surface area contributed by atoms with Crippen LogP contribution >= 0.6 is 0 Å². The standard InChI is InChI=1S/C13H19FN4O/c1-8-4-6-18(9(2)7-8)13(19)10-3-5-16-12(17-15)11(10)14/h3,5,8-9H,4,6-7,15H2,1-2H3,(H,16,17). The summed E-state index contributed by atoms with van der Waals surface area (Å²) in [6.45, 7) is 4.82. The summed E-state index contributed by atoms with van der Waals surface area (Å²) in [6.07, 6.45) is 3.27. The maximum Gasteiger partial charge on any atom is 0.257 e. The second kappa shape index (κ2) is 5.52. The van der Waals surface area contributed by atoms with E-state index in [0.717, 1.165) is 12.8 Å². The number of nitrogen functional groups attached to an aromatic ring is 1. The van der Waals surface area contributed by atoms with Gasteiger partial charge in [0.15, 0.2) is 11.6 Å². The highest BCUT2D eigenvalue weighted by molar-refractivity contribution is 5.95. The van der Waals surface area contributed by atoms with Gasteiger partial charge < -0.3 is 10.3 Å². The van der Waals surface area contributed by atoms with Crippen LogP contribution in [0.1, 0.15) is 37.0 Å². The number of piperidine rings is 1. The Labute approximate surface area is 112 Å². The fourth-order valence-electron chi connectivity index (χ4n) is 2.57. The number of halogens is 1. The van der Waals surface area contributed by atoms with Gasteiger partial charge in [-0.2, -0.15) is 0 Å². The van der Waals surface area contributed by atoms with Gasteiger partial charge in [-0.25, -0.2) is 15.2 Å². The number of likely N-dealkylation sites (tertiary alicyclic amines) is 1. The second-order valence-corrected chi connectivity index (χ2v) is 5.14. The number of hydrazine groups is 1. The molecule has 0 bridgehead atoms. The molecule has 6 heteroatoms. The van der Waals surface area contributed by atoms with Gasteiger partial charge in [-0.3, -0.25) is 4.79 Å². The molecule has 1 saturated heterocycles. The molecule has 1 aliphatic heterocycles. The lowest BCUT2D eigenvalue weighted by atomic mass is 9.93. The Hall–Kier alpha value is -1.69. The van der Waals surface area contributed by atoms with E-state index in [4.69, 9.17) is 5.84 Å². The number of hydrogen-bond donors (Lipinski definition) is 2. The van der Waals surface area contributed by atoms with Crippen molar-refractivity contribution in [3.63, 3.8) is 0 Å². The molecule has 2 heterocycles. The summed E-state index contributed by atoms with van der Waals surface area (Å²) in [6, 6.07) is 1.52. The number of nitrogens with zero attached hydrogens (tertiary/aromatic N) is 2. The first-order valence-electron chi connectivity index (χ1n) is 6.46. The number of carbonyl (C=O) groups is 1. The van der Waals surface area contributed by atoms with Gasteiger partial charge in [0.2, 0.25) is 0 Å². The molecule has 0 saturated carbocycles. The second-order valence-electron chi connectivity index (χ2n) is 5.14. The van der Waals surface area contributed by atoms with Crippen LogP contribution in [-0.4, -0.2) is 28.4 Å². The zero-order chi connectivity index (χ0) is 14.0. The van der Waals surface area contributed by atoms with Gasteiger partial charge in [0.05, 0.1) is 5.56 Å². The molecule has 0 radical (unpaired) electrons. The third kappa shape index (κ3) is 2.68. The Morgan fingerprint density at radius 2 is 2.32 bits per heavy atom. The molecule has 1 aromatic heterocycles. The molecule has 1 aromatic rings. The molecule has 3 N–H and O–H groups in total. The zero-order valence-electron chi connectivity index (χ0n) is 11.2. The van der Waals surface area contributed by atoms with Crippen LogP contribution in [0.5, 0.6) is 0 Å².